The molecule has 0 spiro atoms. The monoisotopic (exact) mass is 259 g/mol. The van der Waals surface area contributed by atoms with E-state index < -0.39 is 11.6 Å². The van der Waals surface area contributed by atoms with Gasteiger partial charge in [-0.05, 0) is 32.9 Å². The average Bonchev–Trinajstić information content (AvgIpc) is 2.92. The number of esters is 1. The Morgan fingerprint density at radius 3 is 2.84 bits per heavy atom. The fraction of sp³-hybridized carbons (Fsp3) is 0.308. The van der Waals surface area contributed by atoms with Gasteiger partial charge >= 0.3 is 5.97 Å². The van der Waals surface area contributed by atoms with E-state index in [1.165, 1.54) is 0 Å². The van der Waals surface area contributed by atoms with E-state index in [4.69, 9.17) is 9.37 Å². The zero-order valence-corrected chi connectivity index (χ0v) is 10.9. The van der Waals surface area contributed by atoms with E-state index in [-0.39, 0.29) is 0 Å². The number of carbonyl (C=O) groups excluding carboxylic acids is 1. The number of ether oxygens (including phenoxy) is 1. The first-order valence-electron chi connectivity index (χ1n) is 5.90. The maximum Gasteiger partial charge on any atom is 0.358 e. The van der Waals surface area contributed by atoms with Crippen LogP contribution in [-0.4, -0.2) is 26.9 Å². The van der Waals surface area contributed by atoms with Gasteiger partial charge in [-0.15, -0.1) is 0 Å². The predicted octanol–water partition coefficient (Wildman–Crippen LogP) is 2.66. The van der Waals surface area contributed by atoms with Crippen molar-refractivity contribution < 1.29 is 14.2 Å². The number of aromatic amines is 1. The quantitative estimate of drug-likeness (QED) is 0.679. The summed E-state index contributed by atoms with van der Waals surface area (Å²) in [6, 6.07) is 3.60. The number of H-pyrrole nitrogens is 1. The third-order valence-corrected chi connectivity index (χ3v) is 2.68. The summed E-state index contributed by atoms with van der Waals surface area (Å²) in [5, 5.41) is 8.01. The lowest BCUT2D eigenvalue weighted by Gasteiger charge is -2.18. The van der Waals surface area contributed by atoms with Gasteiger partial charge in [-0.25, -0.2) is 9.78 Å². The van der Waals surface area contributed by atoms with Crippen molar-refractivity contribution in [3.05, 3.63) is 24.0 Å². The Balaban J connectivity index is 2.12. The van der Waals surface area contributed by atoms with Crippen molar-refractivity contribution in [2.75, 3.05) is 0 Å². The number of aromatic nitrogens is 3. The van der Waals surface area contributed by atoms with E-state index in [9.17, 15) is 4.79 Å². The molecule has 0 atom stereocenters. The lowest BCUT2D eigenvalue weighted by molar-refractivity contribution is 0.00659. The number of hydrogen-bond acceptors (Lipinski definition) is 5. The highest BCUT2D eigenvalue weighted by atomic mass is 16.6. The van der Waals surface area contributed by atoms with Crippen LogP contribution in [0.15, 0.2) is 23.0 Å². The second kappa shape index (κ2) is 3.81. The molecule has 3 rings (SSSR count). The molecule has 0 unspecified atom stereocenters. The lowest BCUT2D eigenvalue weighted by atomic mass is 10.1. The molecule has 98 valence electrons. The first-order chi connectivity index (χ1) is 8.96. The first-order valence-corrected chi connectivity index (χ1v) is 5.90. The third kappa shape index (κ3) is 1.95. The van der Waals surface area contributed by atoms with Crippen LogP contribution in [-0.2, 0) is 4.74 Å². The highest BCUT2D eigenvalue weighted by Crippen LogP contribution is 2.26. The normalized spacial score (nSPS) is 12.2. The van der Waals surface area contributed by atoms with Crippen LogP contribution in [0, 0.1) is 0 Å². The zero-order chi connectivity index (χ0) is 13.6. The van der Waals surface area contributed by atoms with E-state index >= 15 is 0 Å². The molecule has 0 saturated carbocycles. The second-order valence-corrected chi connectivity index (χ2v) is 5.32. The Labute approximate surface area is 108 Å². The molecule has 0 amide bonds. The van der Waals surface area contributed by atoms with Gasteiger partial charge in [-0.2, -0.15) is 5.16 Å². The van der Waals surface area contributed by atoms with Crippen molar-refractivity contribution in [2.24, 2.45) is 0 Å². The van der Waals surface area contributed by atoms with Gasteiger partial charge in [0.15, 0.2) is 5.69 Å². The molecule has 1 N–H and O–H groups in total. The Kier molecular flexibility index (Phi) is 2.35. The minimum absolute atomic E-state index is 0.301. The van der Waals surface area contributed by atoms with Crippen LogP contribution in [0.25, 0.3) is 21.8 Å². The topological polar surface area (TPSA) is 81.0 Å². The molecular weight excluding hydrogens is 246 g/mol. The molecule has 6 heteroatoms. The van der Waals surface area contributed by atoms with Crippen molar-refractivity contribution in [1.82, 2.24) is 15.3 Å². The molecule has 3 aromatic rings. The van der Waals surface area contributed by atoms with Gasteiger partial charge in [-0.3, -0.25) is 4.63 Å². The molecular formula is C13H13N3O3. The van der Waals surface area contributed by atoms with Crippen LogP contribution in [0.5, 0.6) is 0 Å². The highest BCUT2D eigenvalue weighted by molar-refractivity contribution is 6.11. The molecule has 0 bridgehead atoms. The molecule has 0 saturated heterocycles. The maximum atomic E-state index is 12.1. The van der Waals surface area contributed by atoms with Crippen LogP contribution in [0.4, 0.5) is 0 Å². The molecule has 2 heterocycles. The number of nitrogens with one attached hydrogen (secondary N) is 1. The molecule has 0 radical (unpaired) electrons. The van der Waals surface area contributed by atoms with E-state index in [1.807, 2.05) is 20.8 Å². The van der Waals surface area contributed by atoms with Gasteiger partial charge in [0.25, 0.3) is 0 Å². The van der Waals surface area contributed by atoms with Gasteiger partial charge in [0.05, 0.1) is 0 Å². The van der Waals surface area contributed by atoms with Crippen LogP contribution in [0.1, 0.15) is 31.3 Å². The SMILES string of the molecule is CC(C)(C)OC(=O)c1ncc2c1ccc1[nH]onc12. The minimum atomic E-state index is -0.547. The Morgan fingerprint density at radius 2 is 2.11 bits per heavy atom. The molecule has 0 fully saturated rings. The highest BCUT2D eigenvalue weighted by Gasteiger charge is 2.22. The van der Waals surface area contributed by atoms with Crippen molar-refractivity contribution in [3.8, 4) is 0 Å². The van der Waals surface area contributed by atoms with Crippen molar-refractivity contribution in [1.29, 1.82) is 0 Å². The van der Waals surface area contributed by atoms with Crippen LogP contribution < -0.4 is 0 Å². The summed E-state index contributed by atoms with van der Waals surface area (Å²) < 4.78 is 10.1. The second-order valence-electron chi connectivity index (χ2n) is 5.32. The Hall–Kier alpha value is -2.37. The zero-order valence-electron chi connectivity index (χ0n) is 10.9. The molecule has 2 aromatic heterocycles. The van der Waals surface area contributed by atoms with E-state index in [1.54, 1.807) is 18.3 Å². The summed E-state index contributed by atoms with van der Waals surface area (Å²) in [4.78, 5) is 16.2. The average molecular weight is 259 g/mol. The first kappa shape index (κ1) is 11.7. The summed E-state index contributed by atoms with van der Waals surface area (Å²) in [6.07, 6.45) is 1.60. The lowest BCUT2D eigenvalue weighted by Crippen LogP contribution is -2.24. The Bertz CT molecular complexity index is 764. The van der Waals surface area contributed by atoms with Crippen LogP contribution >= 0.6 is 0 Å². The van der Waals surface area contributed by atoms with Crippen molar-refractivity contribution in [3.63, 3.8) is 0 Å². The summed E-state index contributed by atoms with van der Waals surface area (Å²) in [5.74, 6) is -0.436. The smallest absolute Gasteiger partial charge is 0.358 e. The summed E-state index contributed by atoms with van der Waals surface area (Å²) >= 11 is 0. The summed E-state index contributed by atoms with van der Waals surface area (Å²) in [7, 11) is 0. The molecule has 6 nitrogen and oxygen atoms in total. The largest absolute Gasteiger partial charge is 0.455 e. The standard InChI is InChI=1S/C13H13N3O3/c1-13(2,3)18-12(17)11-7-4-5-9-10(16-19-15-9)8(7)6-14-11/h4-6,15H,1-3H3. The molecule has 0 aliphatic heterocycles. The molecule has 19 heavy (non-hydrogen) atoms. The summed E-state index contributed by atoms with van der Waals surface area (Å²) in [5.41, 5.74) is 1.17. The number of rotatable bonds is 1. The van der Waals surface area contributed by atoms with E-state index in [2.05, 4.69) is 15.3 Å². The number of hydrogen-bond donors (Lipinski definition) is 1. The number of benzene rings is 1. The number of nitrogens with zero attached hydrogens (tertiary/aromatic N) is 2. The molecule has 0 aliphatic carbocycles. The maximum absolute atomic E-state index is 12.1. The van der Waals surface area contributed by atoms with Gasteiger partial charge in [-0.1, -0.05) is 5.16 Å². The molecule has 1 aromatic carbocycles. The van der Waals surface area contributed by atoms with Crippen molar-refractivity contribution >= 4 is 27.8 Å². The van der Waals surface area contributed by atoms with Gasteiger partial charge < -0.3 is 4.74 Å². The number of fused-ring (bicyclic) bond motifs is 3. The van der Waals surface area contributed by atoms with Crippen LogP contribution in [0.2, 0.25) is 0 Å². The van der Waals surface area contributed by atoms with Crippen molar-refractivity contribution in [2.45, 2.75) is 26.4 Å². The molecule has 0 aliphatic rings. The summed E-state index contributed by atoms with van der Waals surface area (Å²) in [6.45, 7) is 5.46. The predicted molar refractivity (Wildman–Crippen MR) is 68.8 cm³/mol. The number of carbonyl (C=O) groups is 1. The Morgan fingerprint density at radius 1 is 1.32 bits per heavy atom. The van der Waals surface area contributed by atoms with Crippen LogP contribution in [0.3, 0.4) is 0 Å². The fourth-order valence-corrected chi connectivity index (χ4v) is 1.93. The fourth-order valence-electron chi connectivity index (χ4n) is 1.93. The van der Waals surface area contributed by atoms with E-state index in [0.29, 0.717) is 16.6 Å². The van der Waals surface area contributed by atoms with E-state index in [0.717, 1.165) is 10.9 Å². The van der Waals surface area contributed by atoms with Gasteiger partial charge in [0, 0.05) is 17.0 Å². The van der Waals surface area contributed by atoms with Gasteiger partial charge in [0.1, 0.15) is 16.6 Å². The van der Waals surface area contributed by atoms with Gasteiger partial charge in [0.2, 0.25) is 0 Å². The third-order valence-electron chi connectivity index (χ3n) is 2.68. The minimum Gasteiger partial charge on any atom is -0.455 e.